The minimum Gasteiger partial charge on any atom is -0.379 e. The van der Waals surface area contributed by atoms with Crippen molar-refractivity contribution in [1.29, 1.82) is 0 Å². The van der Waals surface area contributed by atoms with Gasteiger partial charge in [-0.15, -0.1) is 0 Å². The molecular weight excluding hydrogens is 435 g/mol. The van der Waals surface area contributed by atoms with E-state index < -0.39 is 0 Å². The standard InChI is InChI=1S/C19H39IO5/c1-2-3-7-10-21-12-14-23-16-18-25-19-17-24-15-13-22-11-8-5-4-6-9-20/h2-19H2,1H3. The van der Waals surface area contributed by atoms with Crippen LogP contribution in [0.25, 0.3) is 0 Å². The summed E-state index contributed by atoms with van der Waals surface area (Å²) >= 11 is 2.42. The predicted molar refractivity (Wildman–Crippen MR) is 111 cm³/mol. The number of hydrogen-bond acceptors (Lipinski definition) is 5. The third-order valence-electron chi connectivity index (χ3n) is 3.55. The topological polar surface area (TPSA) is 46.2 Å². The van der Waals surface area contributed by atoms with Crippen LogP contribution in [0.1, 0.15) is 51.9 Å². The molecule has 0 saturated heterocycles. The van der Waals surface area contributed by atoms with Crippen LogP contribution in [0.3, 0.4) is 0 Å². The van der Waals surface area contributed by atoms with E-state index in [9.17, 15) is 0 Å². The summed E-state index contributed by atoms with van der Waals surface area (Å²) in [6, 6.07) is 0. The van der Waals surface area contributed by atoms with E-state index in [-0.39, 0.29) is 0 Å². The molecule has 0 aliphatic rings. The average Bonchev–Trinajstić information content (AvgIpc) is 2.63. The van der Waals surface area contributed by atoms with Crippen molar-refractivity contribution in [3.63, 3.8) is 0 Å². The molecule has 0 aliphatic heterocycles. The van der Waals surface area contributed by atoms with Crippen molar-refractivity contribution in [1.82, 2.24) is 0 Å². The lowest BCUT2D eigenvalue weighted by atomic mass is 10.2. The summed E-state index contributed by atoms with van der Waals surface area (Å²) in [5.41, 5.74) is 0. The minimum absolute atomic E-state index is 0.604. The summed E-state index contributed by atoms with van der Waals surface area (Å²) in [5, 5.41) is 0. The van der Waals surface area contributed by atoms with Gasteiger partial charge < -0.3 is 23.7 Å². The van der Waals surface area contributed by atoms with Gasteiger partial charge in [-0.25, -0.2) is 0 Å². The number of unbranched alkanes of at least 4 members (excludes halogenated alkanes) is 5. The van der Waals surface area contributed by atoms with E-state index in [0.717, 1.165) is 26.1 Å². The van der Waals surface area contributed by atoms with Crippen LogP contribution in [0.5, 0.6) is 0 Å². The monoisotopic (exact) mass is 474 g/mol. The predicted octanol–water partition coefficient (Wildman–Crippen LogP) is 4.26. The van der Waals surface area contributed by atoms with Crippen LogP contribution >= 0.6 is 22.6 Å². The molecule has 0 atom stereocenters. The van der Waals surface area contributed by atoms with Crippen molar-refractivity contribution in [3.8, 4) is 0 Å². The first-order chi connectivity index (χ1) is 12.4. The van der Waals surface area contributed by atoms with Crippen LogP contribution in [-0.2, 0) is 23.7 Å². The zero-order chi connectivity index (χ0) is 18.3. The van der Waals surface area contributed by atoms with Crippen LogP contribution in [0.15, 0.2) is 0 Å². The van der Waals surface area contributed by atoms with Crippen LogP contribution in [0.4, 0.5) is 0 Å². The molecule has 6 heteroatoms. The lowest BCUT2D eigenvalue weighted by Gasteiger charge is -2.08. The molecule has 0 bridgehead atoms. The minimum atomic E-state index is 0.604. The molecule has 0 saturated carbocycles. The number of hydrogen-bond donors (Lipinski definition) is 0. The summed E-state index contributed by atoms with van der Waals surface area (Å²) in [4.78, 5) is 0. The second-order valence-electron chi connectivity index (χ2n) is 5.87. The van der Waals surface area contributed by atoms with Gasteiger partial charge >= 0.3 is 0 Å². The van der Waals surface area contributed by atoms with Gasteiger partial charge in [0.2, 0.25) is 0 Å². The smallest absolute Gasteiger partial charge is 0.0701 e. The Balaban J connectivity index is 2.94. The Morgan fingerprint density at radius 3 is 1.20 bits per heavy atom. The molecule has 0 radical (unpaired) electrons. The van der Waals surface area contributed by atoms with E-state index in [2.05, 4.69) is 29.5 Å². The van der Waals surface area contributed by atoms with E-state index in [1.54, 1.807) is 0 Å². The zero-order valence-electron chi connectivity index (χ0n) is 16.1. The van der Waals surface area contributed by atoms with Gasteiger partial charge in [0.25, 0.3) is 0 Å². The van der Waals surface area contributed by atoms with Gasteiger partial charge in [-0.1, -0.05) is 55.2 Å². The third kappa shape index (κ3) is 24.5. The molecular formula is C19H39IO5. The Labute approximate surface area is 168 Å². The van der Waals surface area contributed by atoms with E-state index in [0.29, 0.717) is 52.9 Å². The average molecular weight is 474 g/mol. The molecule has 0 aromatic heterocycles. The Kier molecular flexibility index (Phi) is 25.1. The Morgan fingerprint density at radius 1 is 0.440 bits per heavy atom. The fourth-order valence-corrected chi connectivity index (χ4v) is 2.63. The first-order valence-electron chi connectivity index (χ1n) is 9.86. The summed E-state index contributed by atoms with van der Waals surface area (Å²) in [7, 11) is 0. The molecule has 0 aliphatic carbocycles. The van der Waals surface area contributed by atoms with Gasteiger partial charge in [-0.2, -0.15) is 0 Å². The highest BCUT2D eigenvalue weighted by atomic mass is 127. The molecule has 0 aromatic rings. The van der Waals surface area contributed by atoms with Crippen molar-refractivity contribution >= 4 is 22.6 Å². The van der Waals surface area contributed by atoms with Crippen LogP contribution in [0.2, 0.25) is 0 Å². The van der Waals surface area contributed by atoms with Gasteiger partial charge in [0.15, 0.2) is 0 Å². The van der Waals surface area contributed by atoms with E-state index in [1.807, 2.05) is 0 Å². The normalized spacial score (nSPS) is 11.3. The van der Waals surface area contributed by atoms with Crippen LogP contribution in [-0.4, -0.2) is 70.5 Å². The molecule has 0 aromatic carbocycles. The van der Waals surface area contributed by atoms with E-state index >= 15 is 0 Å². The molecule has 0 amide bonds. The highest BCUT2D eigenvalue weighted by molar-refractivity contribution is 14.1. The van der Waals surface area contributed by atoms with Crippen molar-refractivity contribution in [2.45, 2.75) is 51.9 Å². The fraction of sp³-hybridized carbons (Fsp3) is 1.00. The maximum Gasteiger partial charge on any atom is 0.0701 e. The molecule has 0 rings (SSSR count). The zero-order valence-corrected chi connectivity index (χ0v) is 18.3. The van der Waals surface area contributed by atoms with E-state index in [1.165, 1.54) is 36.5 Å². The first-order valence-corrected chi connectivity index (χ1v) is 11.4. The lowest BCUT2D eigenvalue weighted by Crippen LogP contribution is -2.13. The molecule has 0 fully saturated rings. The molecule has 0 spiro atoms. The second kappa shape index (κ2) is 24.5. The molecule has 0 N–H and O–H groups in total. The third-order valence-corrected chi connectivity index (χ3v) is 4.32. The maximum absolute atomic E-state index is 5.53. The summed E-state index contributed by atoms with van der Waals surface area (Å²) in [6.07, 6.45) is 8.67. The van der Waals surface area contributed by atoms with Crippen LogP contribution < -0.4 is 0 Å². The molecule has 0 unspecified atom stereocenters. The summed E-state index contributed by atoms with van der Waals surface area (Å²) in [6.45, 7) is 8.94. The molecule has 0 heterocycles. The number of ether oxygens (including phenoxy) is 5. The SMILES string of the molecule is CCCCCOCCOCCOCCOCCOCCCCCCI. The lowest BCUT2D eigenvalue weighted by molar-refractivity contribution is -0.0114. The van der Waals surface area contributed by atoms with Gasteiger partial charge in [0.1, 0.15) is 0 Å². The number of rotatable bonds is 22. The second-order valence-corrected chi connectivity index (χ2v) is 6.95. The van der Waals surface area contributed by atoms with Gasteiger partial charge in [-0.05, 0) is 23.7 Å². The van der Waals surface area contributed by atoms with Gasteiger partial charge in [0.05, 0.1) is 52.9 Å². The number of halogens is 1. The maximum atomic E-state index is 5.53. The van der Waals surface area contributed by atoms with Crippen molar-refractivity contribution < 1.29 is 23.7 Å². The molecule has 5 nitrogen and oxygen atoms in total. The highest BCUT2D eigenvalue weighted by Gasteiger charge is 1.94. The fourth-order valence-electron chi connectivity index (χ4n) is 2.09. The Morgan fingerprint density at radius 2 is 0.800 bits per heavy atom. The summed E-state index contributed by atoms with van der Waals surface area (Å²) < 4.78 is 28.6. The van der Waals surface area contributed by atoms with Crippen LogP contribution in [0, 0.1) is 0 Å². The molecule has 25 heavy (non-hydrogen) atoms. The van der Waals surface area contributed by atoms with Crippen molar-refractivity contribution in [2.24, 2.45) is 0 Å². The van der Waals surface area contributed by atoms with Crippen molar-refractivity contribution in [2.75, 3.05) is 70.5 Å². The van der Waals surface area contributed by atoms with Gasteiger partial charge in [-0.3, -0.25) is 0 Å². The van der Waals surface area contributed by atoms with Gasteiger partial charge in [0, 0.05) is 13.2 Å². The quantitative estimate of drug-likeness (QED) is 0.133. The Hall–Kier alpha value is 0.530. The largest absolute Gasteiger partial charge is 0.379 e. The Bertz CT molecular complexity index is 210. The first kappa shape index (κ1) is 25.5. The van der Waals surface area contributed by atoms with Crippen molar-refractivity contribution in [3.05, 3.63) is 0 Å². The molecule has 152 valence electrons. The summed E-state index contributed by atoms with van der Waals surface area (Å²) in [5.74, 6) is 0. The highest BCUT2D eigenvalue weighted by Crippen LogP contribution is 2.02. The number of alkyl halides is 1. The van der Waals surface area contributed by atoms with E-state index in [4.69, 9.17) is 23.7 Å².